The molecule has 2 atom stereocenters. The predicted octanol–water partition coefficient (Wildman–Crippen LogP) is 3.70. The van der Waals surface area contributed by atoms with Crippen LogP contribution in [0.5, 0.6) is 0 Å². The molecule has 1 aliphatic heterocycles. The highest BCUT2D eigenvalue weighted by Gasteiger charge is 2.32. The van der Waals surface area contributed by atoms with Gasteiger partial charge in [-0.2, -0.15) is 0 Å². The van der Waals surface area contributed by atoms with E-state index in [0.29, 0.717) is 12.0 Å². The van der Waals surface area contributed by atoms with Gasteiger partial charge in [-0.25, -0.2) is 0 Å². The van der Waals surface area contributed by atoms with E-state index in [0.717, 1.165) is 29.1 Å². The normalized spacial score (nSPS) is 24.7. The van der Waals surface area contributed by atoms with Gasteiger partial charge in [0.25, 0.3) is 0 Å². The molecule has 18 heavy (non-hydrogen) atoms. The molecule has 2 rings (SSSR count). The lowest BCUT2D eigenvalue weighted by Gasteiger charge is -2.26. The fourth-order valence-electron chi connectivity index (χ4n) is 2.79. The third-order valence-corrected chi connectivity index (χ3v) is 4.95. The van der Waals surface area contributed by atoms with Gasteiger partial charge in [-0.1, -0.05) is 24.6 Å². The van der Waals surface area contributed by atoms with Crippen LogP contribution in [0.1, 0.15) is 24.9 Å². The lowest BCUT2D eigenvalue weighted by molar-refractivity contribution is 0.273. The SMILES string of the molecule is CCNCC1CCN(C)C1c1ccc(Br)c(Cl)c1. The first-order valence-electron chi connectivity index (χ1n) is 6.49. The Bertz CT molecular complexity index is 411. The molecule has 1 fully saturated rings. The number of hydrogen-bond donors (Lipinski definition) is 1. The number of halogens is 2. The molecule has 1 aromatic rings. The second-order valence-corrected chi connectivity index (χ2v) is 6.22. The smallest absolute Gasteiger partial charge is 0.0551 e. The zero-order chi connectivity index (χ0) is 13.1. The quantitative estimate of drug-likeness (QED) is 0.905. The molecule has 2 nitrogen and oxygen atoms in total. The Kier molecular flexibility index (Phi) is 5.07. The van der Waals surface area contributed by atoms with E-state index in [1.807, 2.05) is 6.07 Å². The summed E-state index contributed by atoms with van der Waals surface area (Å²) in [5, 5.41) is 4.27. The molecule has 1 N–H and O–H groups in total. The fourth-order valence-corrected chi connectivity index (χ4v) is 3.23. The molecule has 0 spiro atoms. The Balaban J connectivity index is 2.19. The summed E-state index contributed by atoms with van der Waals surface area (Å²) in [6.07, 6.45) is 1.25. The minimum atomic E-state index is 0.481. The van der Waals surface area contributed by atoms with Crippen molar-refractivity contribution in [1.82, 2.24) is 10.2 Å². The molecule has 1 aromatic carbocycles. The molecule has 0 aliphatic carbocycles. The fraction of sp³-hybridized carbons (Fsp3) is 0.571. The molecule has 1 heterocycles. The third kappa shape index (κ3) is 3.08. The Morgan fingerprint density at radius 2 is 2.28 bits per heavy atom. The number of nitrogens with zero attached hydrogens (tertiary/aromatic N) is 1. The number of hydrogen-bond acceptors (Lipinski definition) is 2. The Labute approximate surface area is 123 Å². The molecule has 0 bridgehead atoms. The van der Waals surface area contributed by atoms with Crippen molar-refractivity contribution in [2.45, 2.75) is 19.4 Å². The van der Waals surface area contributed by atoms with Crippen LogP contribution in [0.3, 0.4) is 0 Å². The third-order valence-electron chi connectivity index (χ3n) is 3.72. The molecule has 2 unspecified atom stereocenters. The van der Waals surface area contributed by atoms with Gasteiger partial charge in [-0.05, 0) is 72.6 Å². The minimum Gasteiger partial charge on any atom is -0.317 e. The van der Waals surface area contributed by atoms with Crippen LogP contribution in [0.25, 0.3) is 0 Å². The van der Waals surface area contributed by atoms with Crippen LogP contribution in [0.15, 0.2) is 22.7 Å². The molecular formula is C14H20BrClN2. The van der Waals surface area contributed by atoms with Gasteiger partial charge in [0.05, 0.1) is 5.02 Å². The predicted molar refractivity (Wildman–Crippen MR) is 81.2 cm³/mol. The van der Waals surface area contributed by atoms with E-state index in [1.54, 1.807) is 0 Å². The first-order chi connectivity index (χ1) is 8.63. The average Bonchev–Trinajstić information content (AvgIpc) is 2.71. The second-order valence-electron chi connectivity index (χ2n) is 4.96. The van der Waals surface area contributed by atoms with Gasteiger partial charge in [-0.15, -0.1) is 0 Å². The van der Waals surface area contributed by atoms with Crippen LogP contribution < -0.4 is 5.32 Å². The minimum absolute atomic E-state index is 0.481. The van der Waals surface area contributed by atoms with E-state index in [-0.39, 0.29) is 0 Å². The number of likely N-dealkylation sites (tertiary alicyclic amines) is 1. The molecule has 4 heteroatoms. The lowest BCUT2D eigenvalue weighted by atomic mass is 9.93. The Morgan fingerprint density at radius 3 is 2.94 bits per heavy atom. The van der Waals surface area contributed by atoms with Crippen molar-refractivity contribution in [1.29, 1.82) is 0 Å². The van der Waals surface area contributed by atoms with E-state index in [4.69, 9.17) is 11.6 Å². The topological polar surface area (TPSA) is 15.3 Å². The summed E-state index contributed by atoms with van der Waals surface area (Å²) in [6, 6.07) is 6.81. The van der Waals surface area contributed by atoms with Crippen molar-refractivity contribution in [2.24, 2.45) is 5.92 Å². The van der Waals surface area contributed by atoms with Crippen molar-refractivity contribution < 1.29 is 0 Å². The van der Waals surface area contributed by atoms with Crippen molar-refractivity contribution in [3.8, 4) is 0 Å². The summed E-state index contributed by atoms with van der Waals surface area (Å²) >= 11 is 9.66. The van der Waals surface area contributed by atoms with Gasteiger partial charge < -0.3 is 5.32 Å². The van der Waals surface area contributed by atoms with Crippen molar-refractivity contribution in [2.75, 3.05) is 26.7 Å². The largest absolute Gasteiger partial charge is 0.317 e. The van der Waals surface area contributed by atoms with Crippen LogP contribution in [-0.2, 0) is 0 Å². The summed E-state index contributed by atoms with van der Waals surface area (Å²) < 4.78 is 0.969. The van der Waals surface area contributed by atoms with E-state index in [2.05, 4.69) is 52.3 Å². The highest BCUT2D eigenvalue weighted by Crippen LogP contribution is 2.37. The van der Waals surface area contributed by atoms with Gasteiger partial charge in [0.2, 0.25) is 0 Å². The summed E-state index contributed by atoms with van der Waals surface area (Å²) in [5.74, 6) is 0.673. The zero-order valence-corrected chi connectivity index (χ0v) is 13.3. The maximum atomic E-state index is 6.21. The zero-order valence-electron chi connectivity index (χ0n) is 10.9. The van der Waals surface area contributed by atoms with Crippen LogP contribution in [0, 0.1) is 5.92 Å². The van der Waals surface area contributed by atoms with Gasteiger partial charge in [0, 0.05) is 10.5 Å². The first-order valence-corrected chi connectivity index (χ1v) is 7.66. The maximum Gasteiger partial charge on any atom is 0.0551 e. The van der Waals surface area contributed by atoms with Gasteiger partial charge in [0.15, 0.2) is 0 Å². The molecule has 0 radical (unpaired) electrons. The van der Waals surface area contributed by atoms with Crippen molar-refractivity contribution in [3.05, 3.63) is 33.3 Å². The molecule has 0 aromatic heterocycles. The lowest BCUT2D eigenvalue weighted by Crippen LogP contribution is -2.28. The summed E-state index contributed by atoms with van der Waals surface area (Å²) in [5.41, 5.74) is 1.33. The summed E-state index contributed by atoms with van der Waals surface area (Å²) in [6.45, 7) is 5.44. The van der Waals surface area contributed by atoms with Crippen LogP contribution in [-0.4, -0.2) is 31.6 Å². The summed E-state index contributed by atoms with van der Waals surface area (Å²) in [7, 11) is 2.20. The first kappa shape index (κ1) is 14.3. The number of nitrogens with one attached hydrogen (secondary N) is 1. The number of rotatable bonds is 4. The highest BCUT2D eigenvalue weighted by atomic mass is 79.9. The van der Waals surface area contributed by atoms with Gasteiger partial charge >= 0.3 is 0 Å². The molecule has 1 saturated heterocycles. The van der Waals surface area contributed by atoms with Crippen LogP contribution in [0.4, 0.5) is 0 Å². The van der Waals surface area contributed by atoms with Gasteiger partial charge in [-0.3, -0.25) is 4.90 Å². The van der Waals surface area contributed by atoms with Crippen molar-refractivity contribution in [3.63, 3.8) is 0 Å². The summed E-state index contributed by atoms with van der Waals surface area (Å²) in [4.78, 5) is 2.43. The van der Waals surface area contributed by atoms with E-state index < -0.39 is 0 Å². The van der Waals surface area contributed by atoms with Crippen molar-refractivity contribution >= 4 is 27.5 Å². The number of benzene rings is 1. The monoisotopic (exact) mass is 330 g/mol. The molecule has 100 valence electrons. The van der Waals surface area contributed by atoms with E-state index in [9.17, 15) is 0 Å². The standard InChI is InChI=1S/C14H20BrClN2/c1-3-17-9-11-6-7-18(2)14(11)10-4-5-12(15)13(16)8-10/h4-5,8,11,14,17H,3,6-7,9H2,1-2H3. The van der Waals surface area contributed by atoms with E-state index in [1.165, 1.54) is 12.0 Å². The Hall–Kier alpha value is -0.0900. The van der Waals surface area contributed by atoms with Crippen LogP contribution >= 0.6 is 27.5 Å². The Morgan fingerprint density at radius 1 is 1.50 bits per heavy atom. The van der Waals surface area contributed by atoms with Crippen LogP contribution in [0.2, 0.25) is 5.02 Å². The second kappa shape index (κ2) is 6.38. The molecular weight excluding hydrogens is 312 g/mol. The highest BCUT2D eigenvalue weighted by molar-refractivity contribution is 9.10. The van der Waals surface area contributed by atoms with Gasteiger partial charge in [0.1, 0.15) is 0 Å². The average molecular weight is 332 g/mol. The maximum absolute atomic E-state index is 6.21. The molecule has 0 saturated carbocycles. The molecule has 1 aliphatic rings. The van der Waals surface area contributed by atoms with E-state index >= 15 is 0 Å². The molecule has 0 amide bonds.